The van der Waals surface area contributed by atoms with Crippen LogP contribution in [-0.2, 0) is 6.42 Å². The van der Waals surface area contributed by atoms with Crippen LogP contribution in [-0.4, -0.2) is 5.16 Å². The highest BCUT2D eigenvalue weighted by molar-refractivity contribution is 5.28. The van der Waals surface area contributed by atoms with E-state index in [0.717, 1.165) is 12.1 Å². The zero-order valence-corrected chi connectivity index (χ0v) is 5.09. The minimum absolute atomic E-state index is 0.539. The fourth-order valence-corrected chi connectivity index (χ4v) is 0.606. The van der Waals surface area contributed by atoms with Gasteiger partial charge in [-0.25, -0.2) is 0 Å². The van der Waals surface area contributed by atoms with Gasteiger partial charge in [-0.05, 0) is 6.42 Å². The lowest BCUT2D eigenvalue weighted by Gasteiger charge is -1.80. The SMILES string of the molecule is CCc1nocc1C#N. The van der Waals surface area contributed by atoms with E-state index in [1.54, 1.807) is 0 Å². The monoisotopic (exact) mass is 122 g/mol. The summed E-state index contributed by atoms with van der Waals surface area (Å²) >= 11 is 0. The molecule has 0 radical (unpaired) electrons. The third-order valence-electron chi connectivity index (χ3n) is 1.10. The normalized spacial score (nSPS) is 8.89. The van der Waals surface area contributed by atoms with E-state index in [0.29, 0.717) is 5.56 Å². The first-order valence-corrected chi connectivity index (χ1v) is 2.71. The van der Waals surface area contributed by atoms with Gasteiger partial charge in [0.15, 0.2) is 0 Å². The van der Waals surface area contributed by atoms with Crippen LogP contribution < -0.4 is 0 Å². The van der Waals surface area contributed by atoms with Crippen molar-refractivity contribution >= 4 is 0 Å². The smallest absolute Gasteiger partial charge is 0.141 e. The lowest BCUT2D eigenvalue weighted by molar-refractivity contribution is 0.412. The van der Waals surface area contributed by atoms with Crippen LogP contribution in [0.25, 0.3) is 0 Å². The molecule has 0 fully saturated rings. The molecular weight excluding hydrogens is 116 g/mol. The quantitative estimate of drug-likeness (QED) is 0.560. The van der Waals surface area contributed by atoms with E-state index in [-0.39, 0.29) is 0 Å². The second-order valence-corrected chi connectivity index (χ2v) is 1.64. The summed E-state index contributed by atoms with van der Waals surface area (Å²) in [6.07, 6.45) is 2.11. The second kappa shape index (κ2) is 2.31. The molecule has 1 aromatic heterocycles. The van der Waals surface area contributed by atoms with E-state index in [1.807, 2.05) is 13.0 Å². The molecule has 0 N–H and O–H groups in total. The topological polar surface area (TPSA) is 49.8 Å². The van der Waals surface area contributed by atoms with Crippen LogP contribution in [0.5, 0.6) is 0 Å². The summed E-state index contributed by atoms with van der Waals surface area (Å²) < 4.78 is 4.55. The van der Waals surface area contributed by atoms with Crippen molar-refractivity contribution in [2.75, 3.05) is 0 Å². The van der Waals surface area contributed by atoms with Crippen molar-refractivity contribution in [3.8, 4) is 6.07 Å². The predicted octanol–water partition coefficient (Wildman–Crippen LogP) is 1.11. The summed E-state index contributed by atoms with van der Waals surface area (Å²) in [6, 6.07) is 1.97. The Kier molecular flexibility index (Phi) is 1.50. The van der Waals surface area contributed by atoms with Crippen molar-refractivity contribution in [3.63, 3.8) is 0 Å². The Morgan fingerprint density at radius 2 is 2.67 bits per heavy atom. The third kappa shape index (κ3) is 0.918. The van der Waals surface area contributed by atoms with Gasteiger partial charge in [0.05, 0.1) is 0 Å². The number of nitrogens with zero attached hydrogens (tertiary/aromatic N) is 2. The van der Waals surface area contributed by atoms with Crippen molar-refractivity contribution in [1.82, 2.24) is 5.16 Å². The number of hydrogen-bond acceptors (Lipinski definition) is 3. The van der Waals surface area contributed by atoms with Crippen molar-refractivity contribution in [2.24, 2.45) is 0 Å². The molecule has 46 valence electrons. The molecule has 0 aliphatic carbocycles. The first-order chi connectivity index (χ1) is 4.38. The van der Waals surface area contributed by atoms with E-state index < -0.39 is 0 Å². The van der Waals surface area contributed by atoms with Gasteiger partial charge >= 0.3 is 0 Å². The molecule has 0 aliphatic heterocycles. The molecule has 0 bridgehead atoms. The molecule has 1 rings (SSSR count). The maximum absolute atomic E-state index is 8.39. The molecular formula is C6H6N2O. The molecule has 0 aliphatic rings. The van der Waals surface area contributed by atoms with E-state index in [4.69, 9.17) is 5.26 Å². The predicted molar refractivity (Wildman–Crippen MR) is 30.6 cm³/mol. The van der Waals surface area contributed by atoms with Crippen LogP contribution in [0.4, 0.5) is 0 Å². The van der Waals surface area contributed by atoms with E-state index in [9.17, 15) is 0 Å². The highest BCUT2D eigenvalue weighted by Gasteiger charge is 2.01. The van der Waals surface area contributed by atoms with Gasteiger partial charge < -0.3 is 4.52 Å². The Bertz CT molecular complexity index is 233. The summed E-state index contributed by atoms with van der Waals surface area (Å²) in [4.78, 5) is 0. The maximum atomic E-state index is 8.39. The van der Waals surface area contributed by atoms with Crippen LogP contribution in [0, 0.1) is 11.3 Å². The average molecular weight is 122 g/mol. The zero-order valence-electron chi connectivity index (χ0n) is 5.09. The lowest BCUT2D eigenvalue weighted by Crippen LogP contribution is -1.81. The fraction of sp³-hybridized carbons (Fsp3) is 0.333. The van der Waals surface area contributed by atoms with Crippen LogP contribution in [0.2, 0.25) is 0 Å². The van der Waals surface area contributed by atoms with Crippen molar-refractivity contribution in [2.45, 2.75) is 13.3 Å². The minimum Gasteiger partial charge on any atom is -0.363 e. The fourth-order valence-electron chi connectivity index (χ4n) is 0.606. The molecule has 1 heterocycles. The third-order valence-corrected chi connectivity index (χ3v) is 1.10. The van der Waals surface area contributed by atoms with Crippen LogP contribution in [0.15, 0.2) is 10.8 Å². The molecule has 9 heavy (non-hydrogen) atoms. The first-order valence-electron chi connectivity index (χ1n) is 2.71. The van der Waals surface area contributed by atoms with Crippen LogP contribution in [0.1, 0.15) is 18.2 Å². The number of nitriles is 1. The molecule has 0 saturated heterocycles. The molecule has 0 spiro atoms. The highest BCUT2D eigenvalue weighted by atomic mass is 16.5. The summed E-state index contributed by atoms with van der Waals surface area (Å²) in [5.74, 6) is 0. The average Bonchev–Trinajstić information content (AvgIpc) is 2.33. The Balaban J connectivity index is 3.02. The molecule has 0 saturated carbocycles. The Morgan fingerprint density at radius 1 is 1.89 bits per heavy atom. The summed E-state index contributed by atoms with van der Waals surface area (Å²) in [5.41, 5.74) is 1.27. The van der Waals surface area contributed by atoms with Gasteiger partial charge in [0.2, 0.25) is 0 Å². The lowest BCUT2D eigenvalue weighted by atomic mass is 10.2. The number of aryl methyl sites for hydroxylation is 1. The molecule has 1 aromatic rings. The molecule has 3 nitrogen and oxygen atoms in total. The molecule has 0 atom stereocenters. The van der Waals surface area contributed by atoms with Gasteiger partial charge in [-0.3, -0.25) is 0 Å². The van der Waals surface area contributed by atoms with Gasteiger partial charge in [0.1, 0.15) is 23.6 Å². The molecule has 0 unspecified atom stereocenters. The number of rotatable bonds is 1. The van der Waals surface area contributed by atoms with Gasteiger partial charge in [0, 0.05) is 0 Å². The largest absolute Gasteiger partial charge is 0.363 e. The summed E-state index contributed by atoms with van der Waals surface area (Å²) in [7, 11) is 0. The Morgan fingerprint density at radius 3 is 3.11 bits per heavy atom. The molecule has 0 amide bonds. The number of hydrogen-bond donors (Lipinski definition) is 0. The Hall–Kier alpha value is -1.30. The second-order valence-electron chi connectivity index (χ2n) is 1.64. The van der Waals surface area contributed by atoms with Crippen molar-refractivity contribution < 1.29 is 4.52 Å². The van der Waals surface area contributed by atoms with E-state index in [1.165, 1.54) is 6.26 Å². The van der Waals surface area contributed by atoms with E-state index >= 15 is 0 Å². The van der Waals surface area contributed by atoms with Crippen molar-refractivity contribution in [1.29, 1.82) is 5.26 Å². The molecule has 3 heteroatoms. The van der Waals surface area contributed by atoms with Crippen molar-refractivity contribution in [3.05, 3.63) is 17.5 Å². The minimum atomic E-state index is 0.539. The Labute approximate surface area is 52.9 Å². The van der Waals surface area contributed by atoms with Gasteiger partial charge in [0.25, 0.3) is 0 Å². The van der Waals surface area contributed by atoms with Gasteiger partial charge in [-0.15, -0.1) is 0 Å². The van der Waals surface area contributed by atoms with Crippen LogP contribution in [0.3, 0.4) is 0 Å². The highest BCUT2D eigenvalue weighted by Crippen LogP contribution is 2.03. The van der Waals surface area contributed by atoms with E-state index in [2.05, 4.69) is 9.68 Å². The molecule has 0 aromatic carbocycles. The van der Waals surface area contributed by atoms with Gasteiger partial charge in [-0.2, -0.15) is 5.26 Å². The van der Waals surface area contributed by atoms with Gasteiger partial charge in [-0.1, -0.05) is 12.1 Å². The summed E-state index contributed by atoms with van der Waals surface area (Å²) in [5, 5.41) is 12.0. The van der Waals surface area contributed by atoms with Crippen LogP contribution >= 0.6 is 0 Å². The standard InChI is InChI=1S/C6H6N2O/c1-2-6-5(3-7)4-9-8-6/h4H,2H2,1H3. The number of aromatic nitrogens is 1. The maximum Gasteiger partial charge on any atom is 0.141 e. The summed E-state index contributed by atoms with van der Waals surface area (Å²) in [6.45, 7) is 1.93. The first kappa shape index (κ1) is 5.83. The zero-order chi connectivity index (χ0) is 6.69.